The lowest BCUT2D eigenvalue weighted by molar-refractivity contribution is -0.150. The van der Waals surface area contributed by atoms with Gasteiger partial charge in [-0.1, -0.05) is 49.4 Å². The molecule has 0 radical (unpaired) electrons. The highest BCUT2D eigenvalue weighted by atomic mass is 28.4. The van der Waals surface area contributed by atoms with Crippen LogP contribution in [0.25, 0.3) is 0 Å². The highest BCUT2D eigenvalue weighted by molar-refractivity contribution is 6.72. The average molecular weight is 644 g/mol. The van der Waals surface area contributed by atoms with E-state index in [1.807, 2.05) is 61.5 Å². The Morgan fingerprint density at radius 1 is 1.02 bits per heavy atom. The van der Waals surface area contributed by atoms with Gasteiger partial charge in [0.05, 0.1) is 37.4 Å². The predicted octanol–water partition coefficient (Wildman–Crippen LogP) is 5.43. The molecule has 1 spiro atoms. The molecular weight excluding hydrogens is 605 g/mol. The zero-order chi connectivity index (χ0) is 32.4. The molecule has 3 amide bonds. The number of halogens is 1. The highest BCUT2D eigenvalue weighted by Gasteiger charge is 2.67. The molecule has 7 rings (SSSR count). The van der Waals surface area contributed by atoms with Gasteiger partial charge in [-0.05, 0) is 61.0 Å². The summed E-state index contributed by atoms with van der Waals surface area (Å²) in [5.74, 6) is -1.21. The number of anilines is 3. The second-order valence-electron chi connectivity index (χ2n) is 13.2. The second-order valence-corrected chi connectivity index (χ2v) is 17.0. The van der Waals surface area contributed by atoms with E-state index in [1.54, 1.807) is 41.1 Å². The Kier molecular flexibility index (Phi) is 7.53. The Morgan fingerprint density at radius 3 is 2.41 bits per heavy atom. The normalized spacial score (nSPS) is 27.3. The van der Waals surface area contributed by atoms with E-state index in [9.17, 15) is 19.5 Å². The minimum Gasteiger partial charge on any atom is -0.447 e. The molecule has 0 aromatic heterocycles. The van der Waals surface area contributed by atoms with Crippen LogP contribution in [-0.2, 0) is 37.6 Å². The number of rotatable bonds is 6. The molecule has 1 N–H and O–H groups in total. The molecule has 0 aliphatic carbocycles. The van der Waals surface area contributed by atoms with Crippen LogP contribution in [0.3, 0.4) is 0 Å². The SMILES string of the molecule is C[C@H]1[C@H]([Si](C)(C)F)[C@@H](CC(=O)N2Cc3ccccc3C[C@H]2CO)O[C@]12C(=O)N(c1ccccc1)c1ccc(N3CCOC3=O)cc12. The number of fused-ring (bicyclic) bond motifs is 3. The van der Waals surface area contributed by atoms with Gasteiger partial charge in [-0.2, -0.15) is 0 Å². The number of carbonyl (C=O) groups excluding carboxylic acids is 3. The van der Waals surface area contributed by atoms with E-state index in [0.29, 0.717) is 42.1 Å². The van der Waals surface area contributed by atoms with Crippen LogP contribution < -0.4 is 9.80 Å². The van der Waals surface area contributed by atoms with E-state index in [-0.39, 0.29) is 31.4 Å². The Morgan fingerprint density at radius 2 is 1.74 bits per heavy atom. The maximum atomic E-state index is 16.5. The van der Waals surface area contributed by atoms with Crippen molar-refractivity contribution in [2.45, 2.75) is 62.7 Å². The lowest BCUT2D eigenvalue weighted by atomic mass is 9.82. The maximum absolute atomic E-state index is 16.5. The largest absolute Gasteiger partial charge is 0.447 e. The fourth-order valence-corrected chi connectivity index (χ4v) is 10.6. The van der Waals surface area contributed by atoms with E-state index in [4.69, 9.17) is 9.47 Å². The molecule has 2 saturated heterocycles. The first kappa shape index (κ1) is 30.6. The van der Waals surface area contributed by atoms with Gasteiger partial charge in [-0.15, -0.1) is 0 Å². The zero-order valence-corrected chi connectivity index (χ0v) is 27.2. The molecule has 9 nitrogen and oxygen atoms in total. The van der Waals surface area contributed by atoms with Crippen molar-refractivity contribution >= 4 is 43.4 Å². The monoisotopic (exact) mass is 643 g/mol. The summed E-state index contributed by atoms with van der Waals surface area (Å²) in [6.07, 6.45) is -0.948. The molecule has 0 unspecified atom stereocenters. The molecule has 3 aromatic carbocycles. The number of hydrogen-bond acceptors (Lipinski definition) is 6. The van der Waals surface area contributed by atoms with Gasteiger partial charge in [0.1, 0.15) is 6.61 Å². The third-order valence-electron chi connectivity index (χ3n) is 10.2. The number of carbonyl (C=O) groups is 3. The Bertz CT molecular complexity index is 1700. The van der Waals surface area contributed by atoms with Crippen LogP contribution in [0.15, 0.2) is 72.8 Å². The van der Waals surface area contributed by atoms with Crippen LogP contribution in [0, 0.1) is 5.92 Å². The number of ether oxygens (including phenoxy) is 2. The van der Waals surface area contributed by atoms with E-state index in [2.05, 4.69) is 0 Å². The van der Waals surface area contributed by atoms with Gasteiger partial charge in [0, 0.05) is 34.9 Å². The summed E-state index contributed by atoms with van der Waals surface area (Å²) >= 11 is 0. The topological polar surface area (TPSA) is 99.6 Å². The van der Waals surface area contributed by atoms with Gasteiger partial charge in [-0.25, -0.2) is 4.79 Å². The highest BCUT2D eigenvalue weighted by Crippen LogP contribution is 2.61. The molecule has 5 atom stereocenters. The first-order valence-electron chi connectivity index (χ1n) is 15.9. The lowest BCUT2D eigenvalue weighted by Gasteiger charge is -2.37. The van der Waals surface area contributed by atoms with Crippen molar-refractivity contribution in [1.82, 2.24) is 4.90 Å². The summed E-state index contributed by atoms with van der Waals surface area (Å²) < 4.78 is 28.5. The lowest BCUT2D eigenvalue weighted by Crippen LogP contribution is -2.48. The number of aliphatic hydroxyl groups excluding tert-OH is 1. The molecule has 240 valence electrons. The number of amides is 3. The summed E-state index contributed by atoms with van der Waals surface area (Å²) in [4.78, 5) is 46.2. The van der Waals surface area contributed by atoms with Crippen molar-refractivity contribution in [3.8, 4) is 0 Å². The van der Waals surface area contributed by atoms with Crippen molar-refractivity contribution < 1.29 is 33.1 Å². The summed E-state index contributed by atoms with van der Waals surface area (Å²) in [5, 5.41) is 10.2. The average Bonchev–Trinajstić information content (AvgIpc) is 3.68. The molecule has 0 saturated carbocycles. The van der Waals surface area contributed by atoms with Crippen LogP contribution in [0.4, 0.5) is 26.0 Å². The Balaban J connectivity index is 1.30. The predicted molar refractivity (Wildman–Crippen MR) is 173 cm³/mol. The van der Waals surface area contributed by atoms with Crippen molar-refractivity contribution in [3.63, 3.8) is 0 Å². The van der Waals surface area contributed by atoms with Crippen LogP contribution in [0.2, 0.25) is 18.6 Å². The zero-order valence-electron chi connectivity index (χ0n) is 26.2. The summed E-state index contributed by atoms with van der Waals surface area (Å²) in [6.45, 7) is 5.83. The van der Waals surface area contributed by atoms with Crippen LogP contribution in [0.5, 0.6) is 0 Å². The van der Waals surface area contributed by atoms with E-state index in [0.717, 1.165) is 11.1 Å². The van der Waals surface area contributed by atoms with Gasteiger partial charge in [0.25, 0.3) is 5.91 Å². The van der Waals surface area contributed by atoms with Crippen LogP contribution in [0.1, 0.15) is 30.0 Å². The Hall–Kier alpha value is -4.06. The van der Waals surface area contributed by atoms with Crippen molar-refractivity contribution in [2.75, 3.05) is 29.6 Å². The quantitative estimate of drug-likeness (QED) is 0.284. The molecule has 4 aliphatic rings. The van der Waals surface area contributed by atoms with Gasteiger partial charge >= 0.3 is 6.09 Å². The van der Waals surface area contributed by atoms with Crippen LogP contribution >= 0.6 is 0 Å². The van der Waals surface area contributed by atoms with Crippen molar-refractivity contribution in [1.29, 1.82) is 0 Å². The molecular formula is C35H38FN3O6Si. The number of hydrogen-bond donors (Lipinski definition) is 1. The van der Waals surface area contributed by atoms with Crippen LogP contribution in [-0.4, -0.2) is 68.2 Å². The third kappa shape index (κ3) is 4.75. The van der Waals surface area contributed by atoms with Gasteiger partial charge in [-0.3, -0.25) is 19.4 Å². The minimum absolute atomic E-state index is 0.123. The van der Waals surface area contributed by atoms with Gasteiger partial charge in [0.15, 0.2) is 5.60 Å². The number of cyclic esters (lactones) is 1. The molecule has 4 aliphatic heterocycles. The third-order valence-corrected chi connectivity index (χ3v) is 12.7. The number of nitrogens with zero attached hydrogens (tertiary/aromatic N) is 3. The summed E-state index contributed by atoms with van der Waals surface area (Å²) in [6, 6.07) is 22.1. The standard InChI is InChI=1S/C35H38FN3O6Si/c1-22-32(46(2,3)36)30(19-31(41)38-20-24-10-8-7-9-23(24)17-27(38)21-40)45-35(22)28-18-26(37-15-16-44-34(37)43)13-14-29(28)39(33(35)42)25-11-5-4-6-12-25/h4-14,18,22,27,30,32,40H,15-17,19-21H2,1-3H3/t22-,27-,30+,32-,35+/m0/s1. The first-order valence-corrected chi connectivity index (χ1v) is 18.8. The van der Waals surface area contributed by atoms with E-state index < -0.39 is 43.7 Å². The smallest absolute Gasteiger partial charge is 0.414 e. The fourth-order valence-electron chi connectivity index (χ4n) is 8.12. The molecule has 0 bridgehead atoms. The molecule has 4 heterocycles. The number of para-hydroxylation sites is 1. The molecule has 11 heteroatoms. The minimum atomic E-state index is -3.55. The summed E-state index contributed by atoms with van der Waals surface area (Å²) in [5.41, 5.74) is 2.18. The molecule has 2 fully saturated rings. The van der Waals surface area contributed by atoms with Gasteiger partial charge < -0.3 is 23.6 Å². The first-order chi connectivity index (χ1) is 22.0. The van der Waals surface area contributed by atoms with Crippen molar-refractivity contribution in [3.05, 3.63) is 89.5 Å². The number of benzene rings is 3. The molecule has 3 aromatic rings. The number of aliphatic hydroxyl groups is 1. The van der Waals surface area contributed by atoms with Crippen molar-refractivity contribution in [2.24, 2.45) is 5.92 Å². The summed E-state index contributed by atoms with van der Waals surface area (Å²) in [7, 11) is -3.55. The van der Waals surface area contributed by atoms with Gasteiger partial charge in [0.2, 0.25) is 14.3 Å². The molecule has 46 heavy (non-hydrogen) atoms. The van der Waals surface area contributed by atoms with E-state index >= 15 is 4.11 Å². The Labute approximate surface area is 268 Å². The second kappa shape index (κ2) is 11.3. The maximum Gasteiger partial charge on any atom is 0.414 e. The van der Waals surface area contributed by atoms with E-state index in [1.165, 1.54) is 4.90 Å². The fraction of sp³-hybridized carbons (Fsp3) is 0.400.